The molecular formula is C25H34N4O5. The van der Waals surface area contributed by atoms with Crippen molar-refractivity contribution in [3.8, 4) is 5.75 Å². The molecule has 1 fully saturated rings. The molecule has 2 aliphatic heterocycles. The van der Waals surface area contributed by atoms with E-state index in [-0.39, 0.29) is 25.1 Å². The van der Waals surface area contributed by atoms with Gasteiger partial charge in [0, 0.05) is 51.4 Å². The Morgan fingerprint density at radius 1 is 1.15 bits per heavy atom. The zero-order valence-corrected chi connectivity index (χ0v) is 20.2. The summed E-state index contributed by atoms with van der Waals surface area (Å²) in [5.74, 6) is 0.351. The highest BCUT2D eigenvalue weighted by Crippen LogP contribution is 2.33. The predicted octanol–water partition coefficient (Wildman–Crippen LogP) is 2.32. The largest absolute Gasteiger partial charge is 0.497 e. The molecule has 1 saturated heterocycles. The van der Waals surface area contributed by atoms with Crippen molar-refractivity contribution in [3.63, 3.8) is 0 Å². The number of nitrogens with zero attached hydrogens (tertiary/aromatic N) is 3. The molecule has 9 heteroatoms. The van der Waals surface area contributed by atoms with Crippen LogP contribution in [0.3, 0.4) is 0 Å². The molecule has 1 aromatic rings. The lowest BCUT2D eigenvalue weighted by atomic mass is 9.94. The number of hydrogen-bond acceptors (Lipinski definition) is 6. The van der Waals surface area contributed by atoms with Crippen molar-refractivity contribution < 1.29 is 23.9 Å². The van der Waals surface area contributed by atoms with Crippen molar-refractivity contribution in [2.45, 2.75) is 26.3 Å². The number of hydrogen-bond donors (Lipinski definition) is 1. The van der Waals surface area contributed by atoms with Gasteiger partial charge in [-0.25, -0.2) is 9.59 Å². The second-order valence-corrected chi connectivity index (χ2v) is 8.15. The van der Waals surface area contributed by atoms with E-state index in [1.54, 1.807) is 37.1 Å². The third kappa shape index (κ3) is 5.59. The van der Waals surface area contributed by atoms with Crippen LogP contribution in [0.2, 0.25) is 0 Å². The molecule has 34 heavy (non-hydrogen) atoms. The summed E-state index contributed by atoms with van der Waals surface area (Å²) in [5, 5.41) is 2.96. The summed E-state index contributed by atoms with van der Waals surface area (Å²) in [5.41, 5.74) is 1.75. The summed E-state index contributed by atoms with van der Waals surface area (Å²) < 4.78 is 10.7. The molecule has 0 aromatic heterocycles. The van der Waals surface area contributed by atoms with Crippen LogP contribution in [0, 0.1) is 0 Å². The van der Waals surface area contributed by atoms with E-state index < -0.39 is 12.0 Å². The smallest absolute Gasteiger partial charge is 0.338 e. The summed E-state index contributed by atoms with van der Waals surface area (Å²) in [4.78, 5) is 44.0. The monoisotopic (exact) mass is 470 g/mol. The molecule has 9 nitrogen and oxygen atoms in total. The van der Waals surface area contributed by atoms with Gasteiger partial charge in [-0.3, -0.25) is 14.6 Å². The zero-order valence-electron chi connectivity index (χ0n) is 20.2. The lowest BCUT2D eigenvalue weighted by molar-refractivity contribution is -0.139. The number of ether oxygens (including phenoxy) is 2. The van der Waals surface area contributed by atoms with Gasteiger partial charge < -0.3 is 19.7 Å². The Morgan fingerprint density at radius 2 is 1.82 bits per heavy atom. The highest BCUT2D eigenvalue weighted by Gasteiger charge is 2.38. The van der Waals surface area contributed by atoms with E-state index >= 15 is 0 Å². The number of esters is 1. The van der Waals surface area contributed by atoms with E-state index in [9.17, 15) is 14.4 Å². The Hall–Kier alpha value is -3.33. The molecule has 1 atom stereocenters. The first-order valence-electron chi connectivity index (χ1n) is 11.7. The Balaban J connectivity index is 1.99. The molecular weight excluding hydrogens is 436 g/mol. The molecule has 184 valence electrons. The Labute approximate surface area is 201 Å². The molecule has 3 rings (SSSR count). The molecule has 0 radical (unpaired) electrons. The van der Waals surface area contributed by atoms with Crippen LogP contribution in [-0.4, -0.2) is 85.6 Å². The molecule has 0 saturated carbocycles. The molecule has 0 bridgehead atoms. The highest BCUT2D eigenvalue weighted by molar-refractivity contribution is 5.95. The molecule has 0 aliphatic carbocycles. The van der Waals surface area contributed by atoms with Crippen LogP contribution in [-0.2, 0) is 14.3 Å². The number of urea groups is 1. The maximum Gasteiger partial charge on any atom is 0.338 e. The lowest BCUT2D eigenvalue weighted by Crippen LogP contribution is -2.53. The van der Waals surface area contributed by atoms with Gasteiger partial charge in [0.05, 0.1) is 25.3 Å². The fourth-order valence-corrected chi connectivity index (χ4v) is 4.28. The molecule has 1 aromatic carbocycles. The van der Waals surface area contributed by atoms with Gasteiger partial charge in [-0.2, -0.15) is 0 Å². The first-order chi connectivity index (χ1) is 16.4. The van der Waals surface area contributed by atoms with Gasteiger partial charge in [-0.15, -0.1) is 6.58 Å². The van der Waals surface area contributed by atoms with Gasteiger partial charge in [-0.1, -0.05) is 25.1 Å². The quantitative estimate of drug-likeness (QED) is 0.440. The molecule has 0 unspecified atom stereocenters. The fraction of sp³-hybridized carbons (Fsp3) is 0.480. The van der Waals surface area contributed by atoms with E-state index in [0.717, 1.165) is 5.56 Å². The van der Waals surface area contributed by atoms with Crippen molar-refractivity contribution >= 4 is 17.9 Å². The molecule has 2 aliphatic rings. The summed E-state index contributed by atoms with van der Waals surface area (Å²) in [7, 11) is 1.58. The third-order valence-electron chi connectivity index (χ3n) is 6.10. The SMILES string of the molecule is C=CCN1C(=O)N[C@H](c2ccc(OC)cc2)C(C(=O)OCC)=C1CN1CCN(C(=O)CC)CC1. The minimum absolute atomic E-state index is 0.135. The van der Waals surface area contributed by atoms with Crippen molar-refractivity contribution in [2.24, 2.45) is 0 Å². The van der Waals surface area contributed by atoms with Crippen molar-refractivity contribution in [3.05, 3.63) is 53.8 Å². The molecule has 0 spiro atoms. The van der Waals surface area contributed by atoms with Gasteiger partial charge in [-0.05, 0) is 24.6 Å². The number of amides is 3. The number of piperazine rings is 1. The summed E-state index contributed by atoms with van der Waals surface area (Å²) >= 11 is 0. The first kappa shape index (κ1) is 25.3. The normalized spacial score (nSPS) is 19.0. The van der Waals surface area contributed by atoms with Crippen LogP contribution in [0.5, 0.6) is 5.75 Å². The highest BCUT2D eigenvalue weighted by atomic mass is 16.5. The third-order valence-corrected chi connectivity index (χ3v) is 6.10. The summed E-state index contributed by atoms with van der Waals surface area (Å²) in [6.45, 7) is 10.8. The predicted molar refractivity (Wildman–Crippen MR) is 128 cm³/mol. The van der Waals surface area contributed by atoms with E-state index in [1.165, 1.54) is 0 Å². The number of nitrogens with one attached hydrogen (secondary N) is 1. The van der Waals surface area contributed by atoms with E-state index in [2.05, 4.69) is 16.8 Å². The first-order valence-corrected chi connectivity index (χ1v) is 11.7. The molecule has 3 amide bonds. The van der Waals surface area contributed by atoms with Gasteiger partial charge >= 0.3 is 12.0 Å². The summed E-state index contributed by atoms with van der Waals surface area (Å²) in [6.07, 6.45) is 2.11. The van der Waals surface area contributed by atoms with Crippen LogP contribution < -0.4 is 10.1 Å². The Kier molecular flexibility index (Phi) is 8.70. The Morgan fingerprint density at radius 3 is 2.38 bits per heavy atom. The molecule has 2 heterocycles. The number of methoxy groups -OCH3 is 1. The average molecular weight is 471 g/mol. The van der Waals surface area contributed by atoms with Crippen LogP contribution in [0.1, 0.15) is 31.9 Å². The Bertz CT molecular complexity index is 935. The van der Waals surface area contributed by atoms with Crippen molar-refractivity contribution in [1.29, 1.82) is 0 Å². The fourth-order valence-electron chi connectivity index (χ4n) is 4.28. The van der Waals surface area contributed by atoms with Gasteiger partial charge in [0.2, 0.25) is 5.91 Å². The van der Waals surface area contributed by atoms with Crippen LogP contribution in [0.15, 0.2) is 48.2 Å². The van der Waals surface area contributed by atoms with Crippen LogP contribution in [0.25, 0.3) is 0 Å². The minimum atomic E-state index is -0.656. The van der Waals surface area contributed by atoms with E-state index in [0.29, 0.717) is 56.2 Å². The van der Waals surface area contributed by atoms with Crippen molar-refractivity contribution in [1.82, 2.24) is 20.0 Å². The molecule has 1 N–H and O–H groups in total. The van der Waals surface area contributed by atoms with E-state index in [4.69, 9.17) is 9.47 Å². The maximum absolute atomic E-state index is 13.2. The van der Waals surface area contributed by atoms with Crippen LogP contribution in [0.4, 0.5) is 4.79 Å². The summed E-state index contributed by atoms with van der Waals surface area (Å²) in [6, 6.07) is 6.30. The second-order valence-electron chi connectivity index (χ2n) is 8.15. The van der Waals surface area contributed by atoms with Gasteiger partial charge in [0.15, 0.2) is 0 Å². The van der Waals surface area contributed by atoms with E-state index in [1.807, 2.05) is 24.0 Å². The average Bonchev–Trinajstić information content (AvgIpc) is 2.86. The maximum atomic E-state index is 13.2. The van der Waals surface area contributed by atoms with Gasteiger partial charge in [0.25, 0.3) is 0 Å². The minimum Gasteiger partial charge on any atom is -0.497 e. The zero-order chi connectivity index (χ0) is 24.7. The van der Waals surface area contributed by atoms with Crippen LogP contribution >= 0.6 is 0 Å². The number of carbonyl (C=O) groups is 3. The van der Waals surface area contributed by atoms with Crippen molar-refractivity contribution in [2.75, 3.05) is 53.0 Å². The van der Waals surface area contributed by atoms with Gasteiger partial charge in [0.1, 0.15) is 5.75 Å². The second kappa shape index (κ2) is 11.7. The number of rotatable bonds is 9. The number of carbonyl (C=O) groups excluding carboxylic acids is 3. The number of benzene rings is 1. The topological polar surface area (TPSA) is 91.4 Å². The lowest BCUT2D eigenvalue weighted by Gasteiger charge is -2.40. The standard InChI is InChI=1S/C25H34N4O5/c1-5-12-29-20(17-27-13-15-28(16-14-27)21(30)6-2)22(24(31)34-7-3)23(26-25(29)32)18-8-10-19(33-4)11-9-18/h5,8-11,23H,1,6-7,12-17H2,2-4H3,(H,26,32)/t23-/m1/s1.